The molecule has 8 heteroatoms. The minimum Gasteiger partial charge on any atom is -0.456 e. The number of hydrogen-bond donors (Lipinski definition) is 2. The molecule has 0 radical (unpaired) electrons. The van der Waals surface area contributed by atoms with Crippen molar-refractivity contribution >= 4 is 29.2 Å². The minimum atomic E-state index is -0.612. The van der Waals surface area contributed by atoms with Crippen molar-refractivity contribution in [3.05, 3.63) is 60.2 Å². The predicted octanol–water partition coefficient (Wildman–Crippen LogP) is 3.26. The Bertz CT molecular complexity index is 792. The first-order chi connectivity index (χ1) is 12.9. The number of carbonyl (C=O) groups is 3. The smallest absolute Gasteiger partial charge is 0.306 e. The summed E-state index contributed by atoms with van der Waals surface area (Å²) in [6.07, 6.45) is 0.292. The van der Waals surface area contributed by atoms with Crippen LogP contribution < -0.4 is 10.6 Å². The number of esters is 1. The standard InChI is InChI=1S/C19H18F2N2O4/c20-13-4-8-15(9-5-13)22-17(24)2-1-3-19(26)27-12-18(25)23-16-10-6-14(21)7-11-16/h4-11H,1-3,12H2,(H,22,24)(H,23,25). The molecule has 2 aromatic carbocycles. The fraction of sp³-hybridized carbons (Fsp3) is 0.211. The van der Waals surface area contributed by atoms with Crippen molar-refractivity contribution in [1.82, 2.24) is 0 Å². The summed E-state index contributed by atoms with van der Waals surface area (Å²) < 4.78 is 30.4. The third-order valence-electron chi connectivity index (χ3n) is 3.40. The zero-order valence-corrected chi connectivity index (χ0v) is 14.3. The van der Waals surface area contributed by atoms with E-state index < -0.39 is 30.1 Å². The number of amides is 2. The van der Waals surface area contributed by atoms with Crippen molar-refractivity contribution in [2.45, 2.75) is 19.3 Å². The maximum absolute atomic E-state index is 12.8. The van der Waals surface area contributed by atoms with E-state index in [0.29, 0.717) is 11.4 Å². The highest BCUT2D eigenvalue weighted by Crippen LogP contribution is 2.10. The van der Waals surface area contributed by atoms with E-state index in [4.69, 9.17) is 4.74 Å². The Morgan fingerprint density at radius 1 is 0.741 bits per heavy atom. The number of nitrogens with one attached hydrogen (secondary N) is 2. The van der Waals surface area contributed by atoms with Gasteiger partial charge in [0, 0.05) is 24.2 Å². The summed E-state index contributed by atoms with van der Waals surface area (Å²) in [5.41, 5.74) is 0.844. The number of ether oxygens (including phenoxy) is 1. The SMILES string of the molecule is O=C(CCCC(=O)OCC(=O)Nc1ccc(F)cc1)Nc1ccc(F)cc1. The highest BCUT2D eigenvalue weighted by molar-refractivity contribution is 5.93. The van der Waals surface area contributed by atoms with Gasteiger partial charge in [0.1, 0.15) is 11.6 Å². The topological polar surface area (TPSA) is 84.5 Å². The first-order valence-corrected chi connectivity index (χ1v) is 8.19. The van der Waals surface area contributed by atoms with Gasteiger partial charge in [0.2, 0.25) is 5.91 Å². The molecular formula is C19H18F2N2O4. The molecule has 27 heavy (non-hydrogen) atoms. The maximum atomic E-state index is 12.8. The Hall–Kier alpha value is -3.29. The molecule has 0 aliphatic heterocycles. The van der Waals surface area contributed by atoms with E-state index in [1.807, 2.05) is 0 Å². The Morgan fingerprint density at radius 2 is 1.22 bits per heavy atom. The summed E-state index contributed by atoms with van der Waals surface area (Å²) in [7, 11) is 0. The fourth-order valence-electron chi connectivity index (χ4n) is 2.10. The Morgan fingerprint density at radius 3 is 1.74 bits per heavy atom. The van der Waals surface area contributed by atoms with Crippen LogP contribution in [0.1, 0.15) is 19.3 Å². The van der Waals surface area contributed by atoms with E-state index in [1.54, 1.807) is 0 Å². The van der Waals surface area contributed by atoms with Gasteiger partial charge < -0.3 is 15.4 Å². The lowest BCUT2D eigenvalue weighted by Gasteiger charge is -2.07. The summed E-state index contributed by atoms with van der Waals surface area (Å²) in [6.45, 7) is -0.474. The van der Waals surface area contributed by atoms with E-state index in [-0.39, 0.29) is 25.2 Å². The van der Waals surface area contributed by atoms with Crippen molar-refractivity contribution in [2.75, 3.05) is 17.2 Å². The predicted molar refractivity (Wildman–Crippen MR) is 94.9 cm³/mol. The molecule has 2 aromatic rings. The van der Waals surface area contributed by atoms with Crippen molar-refractivity contribution < 1.29 is 27.9 Å². The van der Waals surface area contributed by atoms with Crippen molar-refractivity contribution in [3.63, 3.8) is 0 Å². The third-order valence-corrected chi connectivity index (χ3v) is 3.40. The largest absolute Gasteiger partial charge is 0.456 e. The van der Waals surface area contributed by atoms with Gasteiger partial charge in [-0.25, -0.2) is 8.78 Å². The minimum absolute atomic E-state index is 0.0271. The number of rotatable bonds is 8. The van der Waals surface area contributed by atoms with Crippen molar-refractivity contribution in [1.29, 1.82) is 0 Å². The average molecular weight is 376 g/mol. The van der Waals surface area contributed by atoms with Gasteiger partial charge >= 0.3 is 5.97 Å². The van der Waals surface area contributed by atoms with Gasteiger partial charge in [-0.1, -0.05) is 0 Å². The van der Waals surface area contributed by atoms with Crippen LogP contribution in [0.3, 0.4) is 0 Å². The first-order valence-electron chi connectivity index (χ1n) is 8.19. The highest BCUT2D eigenvalue weighted by Gasteiger charge is 2.10. The van der Waals surface area contributed by atoms with Crippen LogP contribution in [-0.2, 0) is 19.1 Å². The van der Waals surface area contributed by atoms with Gasteiger partial charge in [0.25, 0.3) is 5.91 Å². The van der Waals surface area contributed by atoms with Gasteiger partial charge in [0.05, 0.1) is 0 Å². The molecule has 0 bridgehead atoms. The molecule has 0 saturated carbocycles. The molecule has 2 N–H and O–H groups in total. The molecule has 0 aliphatic rings. The molecule has 2 amide bonds. The van der Waals surface area contributed by atoms with Gasteiger partial charge in [-0.2, -0.15) is 0 Å². The zero-order chi connectivity index (χ0) is 19.6. The molecule has 0 fully saturated rings. The first kappa shape index (κ1) is 20.0. The van der Waals surface area contributed by atoms with Crippen LogP contribution in [0.2, 0.25) is 0 Å². The molecule has 2 rings (SSSR count). The molecule has 0 heterocycles. The van der Waals surface area contributed by atoms with Gasteiger partial charge in [-0.3, -0.25) is 14.4 Å². The molecule has 0 aromatic heterocycles. The number of anilines is 2. The zero-order valence-electron chi connectivity index (χ0n) is 14.3. The van der Waals surface area contributed by atoms with E-state index in [2.05, 4.69) is 10.6 Å². The second kappa shape index (κ2) is 10.0. The molecule has 142 valence electrons. The molecule has 0 aliphatic carbocycles. The van der Waals surface area contributed by atoms with Crippen LogP contribution >= 0.6 is 0 Å². The van der Waals surface area contributed by atoms with Gasteiger partial charge in [0.15, 0.2) is 6.61 Å². The summed E-state index contributed by atoms with van der Waals surface area (Å²) >= 11 is 0. The van der Waals surface area contributed by atoms with E-state index >= 15 is 0 Å². The van der Waals surface area contributed by atoms with Gasteiger partial charge in [-0.05, 0) is 55.0 Å². The number of hydrogen-bond acceptors (Lipinski definition) is 4. The fourth-order valence-corrected chi connectivity index (χ4v) is 2.10. The Kier molecular flexibility index (Phi) is 7.42. The Labute approximate surface area is 154 Å². The van der Waals surface area contributed by atoms with Crippen LogP contribution in [0, 0.1) is 11.6 Å². The molecule has 0 saturated heterocycles. The van der Waals surface area contributed by atoms with Crippen LogP contribution in [-0.4, -0.2) is 24.4 Å². The third kappa shape index (κ3) is 7.64. The van der Waals surface area contributed by atoms with E-state index in [0.717, 1.165) is 0 Å². The van der Waals surface area contributed by atoms with E-state index in [1.165, 1.54) is 48.5 Å². The molecular weight excluding hydrogens is 358 g/mol. The van der Waals surface area contributed by atoms with Crippen LogP contribution in [0.25, 0.3) is 0 Å². The lowest BCUT2D eigenvalue weighted by molar-refractivity contribution is -0.147. The van der Waals surface area contributed by atoms with E-state index in [9.17, 15) is 23.2 Å². The molecule has 6 nitrogen and oxygen atoms in total. The summed E-state index contributed by atoms with van der Waals surface area (Å²) in [5.74, 6) is -2.31. The summed E-state index contributed by atoms with van der Waals surface area (Å²) in [5, 5.41) is 5.03. The molecule has 0 atom stereocenters. The highest BCUT2D eigenvalue weighted by atomic mass is 19.1. The lowest BCUT2D eigenvalue weighted by atomic mass is 10.2. The number of halogens is 2. The quantitative estimate of drug-likeness (QED) is 0.693. The second-order valence-electron chi connectivity index (χ2n) is 5.62. The second-order valence-corrected chi connectivity index (χ2v) is 5.62. The lowest BCUT2D eigenvalue weighted by Crippen LogP contribution is -2.21. The Balaban J connectivity index is 1.61. The van der Waals surface area contributed by atoms with Crippen LogP contribution in [0.4, 0.5) is 20.2 Å². The molecule has 0 unspecified atom stereocenters. The van der Waals surface area contributed by atoms with Crippen molar-refractivity contribution in [2.24, 2.45) is 0 Å². The molecule has 0 spiro atoms. The summed E-state index contributed by atoms with van der Waals surface area (Å²) in [4.78, 5) is 35.0. The van der Waals surface area contributed by atoms with Crippen LogP contribution in [0.5, 0.6) is 0 Å². The van der Waals surface area contributed by atoms with Crippen molar-refractivity contribution in [3.8, 4) is 0 Å². The normalized spacial score (nSPS) is 10.1. The summed E-state index contributed by atoms with van der Waals surface area (Å²) in [6, 6.07) is 10.5. The number of carbonyl (C=O) groups excluding carboxylic acids is 3. The average Bonchev–Trinajstić information content (AvgIpc) is 2.64. The monoisotopic (exact) mass is 376 g/mol. The maximum Gasteiger partial charge on any atom is 0.306 e. The van der Waals surface area contributed by atoms with Gasteiger partial charge in [-0.15, -0.1) is 0 Å². The van der Waals surface area contributed by atoms with Crippen LogP contribution in [0.15, 0.2) is 48.5 Å². The number of benzene rings is 2.